The second-order valence-electron chi connectivity index (χ2n) is 4.17. The maximum absolute atomic E-state index is 11.5. The summed E-state index contributed by atoms with van der Waals surface area (Å²) in [5, 5.41) is 11.0. The van der Waals surface area contributed by atoms with E-state index in [1.54, 1.807) is 0 Å². The molecule has 2 N–H and O–H groups in total. The molecule has 0 aliphatic rings. The van der Waals surface area contributed by atoms with E-state index in [-0.39, 0.29) is 18.9 Å². The first-order valence-electron chi connectivity index (χ1n) is 5.53. The lowest BCUT2D eigenvalue weighted by molar-refractivity contribution is -0.136. The number of benzene rings is 1. The molecule has 1 rings (SSSR count). The van der Waals surface area contributed by atoms with E-state index in [2.05, 4.69) is 5.32 Å². The molecule has 1 amide bonds. The number of nitrogens with one attached hydrogen (secondary N) is 1. The molecule has 0 heterocycles. The van der Waals surface area contributed by atoms with Crippen molar-refractivity contribution in [1.82, 2.24) is 5.32 Å². The second-order valence-corrected chi connectivity index (χ2v) is 4.17. The smallest absolute Gasteiger partial charge is 0.305 e. The summed E-state index contributed by atoms with van der Waals surface area (Å²) < 4.78 is 0. The Balaban J connectivity index is 2.47. The fraction of sp³-hybridized carbons (Fsp3) is 0.385. The Morgan fingerprint density at radius 3 is 2.29 bits per heavy atom. The molecule has 1 aromatic rings. The third-order valence-corrected chi connectivity index (χ3v) is 2.31. The maximum atomic E-state index is 11.5. The molecule has 0 radical (unpaired) electrons. The van der Waals surface area contributed by atoms with Crippen LogP contribution in [0.2, 0.25) is 0 Å². The molecular weight excluding hydrogens is 218 g/mol. The Bertz CT molecular complexity index is 406. The lowest BCUT2D eigenvalue weighted by Gasteiger charge is -2.06. The molecule has 0 spiro atoms. The molecule has 0 saturated carbocycles. The lowest BCUT2D eigenvalue weighted by Crippen LogP contribution is -2.27. The fourth-order valence-corrected chi connectivity index (χ4v) is 1.73. The molecule has 0 bridgehead atoms. The minimum Gasteiger partial charge on any atom is -0.481 e. The molecule has 4 heteroatoms. The van der Waals surface area contributed by atoms with Gasteiger partial charge in [-0.2, -0.15) is 0 Å². The van der Waals surface area contributed by atoms with E-state index in [1.807, 2.05) is 32.0 Å². The number of carboxylic acids is 1. The minimum absolute atomic E-state index is 0.0431. The largest absolute Gasteiger partial charge is 0.481 e. The standard InChI is InChI=1S/C13H17NO3/c1-9-5-10(2)7-11(6-9)8-12(15)14-4-3-13(16)17/h5-7H,3-4,8H2,1-2H3,(H,14,15)(H,16,17). The predicted octanol–water partition coefficient (Wildman–Crippen LogP) is 1.44. The van der Waals surface area contributed by atoms with E-state index < -0.39 is 5.97 Å². The topological polar surface area (TPSA) is 66.4 Å². The normalized spacial score (nSPS) is 10.0. The van der Waals surface area contributed by atoms with Gasteiger partial charge in [0.05, 0.1) is 12.8 Å². The van der Waals surface area contributed by atoms with Gasteiger partial charge in [-0.3, -0.25) is 9.59 Å². The molecular formula is C13H17NO3. The van der Waals surface area contributed by atoms with Gasteiger partial charge in [-0.05, 0) is 19.4 Å². The van der Waals surface area contributed by atoms with E-state index in [0.29, 0.717) is 6.42 Å². The first-order chi connectivity index (χ1) is 7.97. The summed E-state index contributed by atoms with van der Waals surface area (Å²) in [7, 11) is 0. The van der Waals surface area contributed by atoms with Crippen LogP contribution in [0.5, 0.6) is 0 Å². The van der Waals surface area contributed by atoms with Crippen molar-refractivity contribution < 1.29 is 14.7 Å². The van der Waals surface area contributed by atoms with Gasteiger partial charge < -0.3 is 10.4 Å². The quantitative estimate of drug-likeness (QED) is 0.811. The number of carbonyl (C=O) groups excluding carboxylic acids is 1. The van der Waals surface area contributed by atoms with E-state index in [4.69, 9.17) is 5.11 Å². The van der Waals surface area contributed by atoms with E-state index in [9.17, 15) is 9.59 Å². The second kappa shape index (κ2) is 6.03. The Kier molecular flexibility index (Phi) is 4.69. The number of amides is 1. The summed E-state index contributed by atoms with van der Waals surface area (Å²) in [6, 6.07) is 5.97. The van der Waals surface area contributed by atoms with Gasteiger partial charge in [0.15, 0.2) is 0 Å². The number of carboxylic acid groups (broad SMARTS) is 1. The van der Waals surface area contributed by atoms with Gasteiger partial charge in [0, 0.05) is 6.54 Å². The highest BCUT2D eigenvalue weighted by Crippen LogP contribution is 2.09. The van der Waals surface area contributed by atoms with Crippen LogP contribution in [0.4, 0.5) is 0 Å². The van der Waals surface area contributed by atoms with Crippen molar-refractivity contribution >= 4 is 11.9 Å². The highest BCUT2D eigenvalue weighted by atomic mass is 16.4. The summed E-state index contributed by atoms with van der Waals surface area (Å²) in [4.78, 5) is 21.8. The van der Waals surface area contributed by atoms with Crippen LogP contribution in [-0.4, -0.2) is 23.5 Å². The van der Waals surface area contributed by atoms with Crippen molar-refractivity contribution in [3.05, 3.63) is 34.9 Å². The van der Waals surface area contributed by atoms with Crippen molar-refractivity contribution in [1.29, 1.82) is 0 Å². The fourth-order valence-electron chi connectivity index (χ4n) is 1.73. The first-order valence-corrected chi connectivity index (χ1v) is 5.53. The molecule has 92 valence electrons. The summed E-state index contributed by atoms with van der Waals surface area (Å²) in [5.74, 6) is -1.05. The third-order valence-electron chi connectivity index (χ3n) is 2.31. The van der Waals surface area contributed by atoms with Crippen molar-refractivity contribution in [3.8, 4) is 0 Å². The molecule has 0 aliphatic carbocycles. The Morgan fingerprint density at radius 1 is 1.18 bits per heavy atom. The molecule has 17 heavy (non-hydrogen) atoms. The van der Waals surface area contributed by atoms with Gasteiger partial charge in [0.2, 0.25) is 5.91 Å². The zero-order chi connectivity index (χ0) is 12.8. The molecule has 0 aliphatic heterocycles. The van der Waals surface area contributed by atoms with Crippen LogP contribution in [0.3, 0.4) is 0 Å². The highest BCUT2D eigenvalue weighted by Gasteiger charge is 2.05. The highest BCUT2D eigenvalue weighted by molar-refractivity contribution is 5.79. The van der Waals surface area contributed by atoms with Crippen LogP contribution in [0, 0.1) is 13.8 Å². The summed E-state index contributed by atoms with van der Waals surface area (Å²) in [6.45, 7) is 4.15. The van der Waals surface area contributed by atoms with E-state index in [1.165, 1.54) is 0 Å². The molecule has 0 aromatic heterocycles. The first kappa shape index (κ1) is 13.2. The lowest BCUT2D eigenvalue weighted by atomic mass is 10.0. The van der Waals surface area contributed by atoms with E-state index in [0.717, 1.165) is 16.7 Å². The molecule has 0 fully saturated rings. The van der Waals surface area contributed by atoms with Gasteiger partial charge in [-0.25, -0.2) is 0 Å². The number of hydrogen-bond donors (Lipinski definition) is 2. The van der Waals surface area contributed by atoms with Gasteiger partial charge in [-0.1, -0.05) is 29.3 Å². The average Bonchev–Trinajstić information content (AvgIpc) is 2.14. The van der Waals surface area contributed by atoms with Crippen molar-refractivity contribution in [3.63, 3.8) is 0 Å². The Morgan fingerprint density at radius 2 is 1.76 bits per heavy atom. The number of hydrogen-bond acceptors (Lipinski definition) is 2. The van der Waals surface area contributed by atoms with Gasteiger partial charge >= 0.3 is 5.97 Å². The zero-order valence-electron chi connectivity index (χ0n) is 10.1. The van der Waals surface area contributed by atoms with Crippen LogP contribution in [-0.2, 0) is 16.0 Å². The molecule has 0 saturated heterocycles. The summed E-state index contributed by atoms with van der Waals surface area (Å²) in [5.41, 5.74) is 3.20. The summed E-state index contributed by atoms with van der Waals surface area (Å²) >= 11 is 0. The monoisotopic (exact) mass is 235 g/mol. The Hall–Kier alpha value is -1.84. The predicted molar refractivity (Wildman–Crippen MR) is 64.9 cm³/mol. The van der Waals surface area contributed by atoms with Crippen LogP contribution < -0.4 is 5.32 Å². The van der Waals surface area contributed by atoms with Gasteiger partial charge in [0.1, 0.15) is 0 Å². The minimum atomic E-state index is -0.906. The van der Waals surface area contributed by atoms with Crippen LogP contribution >= 0.6 is 0 Å². The maximum Gasteiger partial charge on any atom is 0.305 e. The Labute approximate surface area is 101 Å². The third kappa shape index (κ3) is 5.15. The number of aryl methyl sites for hydroxylation is 2. The van der Waals surface area contributed by atoms with Crippen molar-refractivity contribution in [2.24, 2.45) is 0 Å². The van der Waals surface area contributed by atoms with Crippen LogP contribution in [0.15, 0.2) is 18.2 Å². The van der Waals surface area contributed by atoms with Gasteiger partial charge in [-0.15, -0.1) is 0 Å². The van der Waals surface area contributed by atoms with Crippen molar-refractivity contribution in [2.75, 3.05) is 6.54 Å². The van der Waals surface area contributed by atoms with Crippen molar-refractivity contribution in [2.45, 2.75) is 26.7 Å². The zero-order valence-corrected chi connectivity index (χ0v) is 10.1. The molecule has 4 nitrogen and oxygen atoms in total. The summed E-state index contributed by atoms with van der Waals surface area (Å²) in [6.07, 6.45) is 0.251. The van der Waals surface area contributed by atoms with Crippen LogP contribution in [0.25, 0.3) is 0 Å². The van der Waals surface area contributed by atoms with E-state index >= 15 is 0 Å². The molecule has 0 atom stereocenters. The van der Waals surface area contributed by atoms with Crippen LogP contribution in [0.1, 0.15) is 23.1 Å². The molecule has 0 unspecified atom stereocenters. The average molecular weight is 235 g/mol. The van der Waals surface area contributed by atoms with Gasteiger partial charge in [0.25, 0.3) is 0 Å². The molecule has 1 aromatic carbocycles. The number of aliphatic carboxylic acids is 1. The number of rotatable bonds is 5. The number of carbonyl (C=O) groups is 2. The SMILES string of the molecule is Cc1cc(C)cc(CC(=O)NCCC(=O)O)c1.